The molecular weight excluding hydrogens is 236 g/mol. The average Bonchev–Trinajstić information content (AvgIpc) is 2.59. The Morgan fingerprint density at radius 3 is 2.35 bits per heavy atom. The lowest BCUT2D eigenvalue weighted by Gasteiger charge is -2.37. The van der Waals surface area contributed by atoms with E-state index in [1.165, 1.54) is 12.8 Å². The molecule has 1 N–H and O–H groups in total. The van der Waals surface area contributed by atoms with Crippen LogP contribution in [0.3, 0.4) is 0 Å². The summed E-state index contributed by atoms with van der Waals surface area (Å²) in [7, 11) is 0. The van der Waals surface area contributed by atoms with Gasteiger partial charge in [0, 0.05) is 13.1 Å². The number of carbonyl (C=O) groups excluding carboxylic acids is 1. The molecule has 0 aliphatic carbocycles. The number of hydrogen-bond donors (Lipinski definition) is 1. The molecule has 100 valence electrons. The maximum Gasteiger partial charge on any atom is 0.242 e. The lowest BCUT2D eigenvalue weighted by Crippen LogP contribution is -2.57. The zero-order valence-electron chi connectivity index (χ0n) is 11.2. The molecule has 0 spiro atoms. The number of nitrogens with one attached hydrogen (secondary N) is 1. The summed E-state index contributed by atoms with van der Waals surface area (Å²) >= 11 is 0. The normalized spacial score (nSPS) is 32.1. The number of carbonyl (C=O) groups is 1. The van der Waals surface area contributed by atoms with Crippen molar-refractivity contribution >= 4 is 18.3 Å². The molecule has 2 aliphatic rings. The molecule has 2 aliphatic heterocycles. The SMILES string of the molecule is CC1(C)CCN(C(=O)C2(C)CCCCN2)C1.Cl. The van der Waals surface area contributed by atoms with Gasteiger partial charge in [-0.25, -0.2) is 0 Å². The van der Waals surface area contributed by atoms with Crippen LogP contribution in [0, 0.1) is 5.41 Å². The molecule has 2 rings (SSSR count). The Kier molecular flexibility index (Phi) is 4.48. The Morgan fingerprint density at radius 2 is 1.88 bits per heavy atom. The van der Waals surface area contributed by atoms with E-state index >= 15 is 0 Å². The molecule has 0 saturated carbocycles. The van der Waals surface area contributed by atoms with Crippen molar-refractivity contribution in [1.82, 2.24) is 10.2 Å². The number of nitrogens with zero attached hydrogens (tertiary/aromatic N) is 1. The molecule has 0 radical (unpaired) electrons. The number of hydrogen-bond acceptors (Lipinski definition) is 2. The van der Waals surface area contributed by atoms with Crippen LogP contribution in [-0.2, 0) is 4.79 Å². The minimum atomic E-state index is -0.293. The molecule has 0 bridgehead atoms. The van der Waals surface area contributed by atoms with Gasteiger partial charge in [-0.2, -0.15) is 0 Å². The van der Waals surface area contributed by atoms with E-state index in [0.717, 1.165) is 32.5 Å². The molecular formula is C13H25ClN2O. The van der Waals surface area contributed by atoms with E-state index in [9.17, 15) is 4.79 Å². The van der Waals surface area contributed by atoms with Crippen LogP contribution in [0.5, 0.6) is 0 Å². The van der Waals surface area contributed by atoms with Gasteiger partial charge in [-0.05, 0) is 44.6 Å². The van der Waals surface area contributed by atoms with Crippen molar-refractivity contribution in [3.63, 3.8) is 0 Å². The topological polar surface area (TPSA) is 32.3 Å². The third kappa shape index (κ3) is 3.14. The van der Waals surface area contributed by atoms with Crippen LogP contribution in [0.2, 0.25) is 0 Å². The molecule has 17 heavy (non-hydrogen) atoms. The van der Waals surface area contributed by atoms with Gasteiger partial charge in [0.25, 0.3) is 0 Å². The quantitative estimate of drug-likeness (QED) is 0.784. The fraction of sp³-hybridized carbons (Fsp3) is 0.923. The second-order valence-corrected chi connectivity index (χ2v) is 6.36. The zero-order chi connectivity index (χ0) is 11.8. The van der Waals surface area contributed by atoms with Crippen molar-refractivity contribution in [1.29, 1.82) is 0 Å². The van der Waals surface area contributed by atoms with Crippen LogP contribution in [0.4, 0.5) is 0 Å². The fourth-order valence-corrected chi connectivity index (χ4v) is 2.87. The van der Waals surface area contributed by atoms with Gasteiger partial charge < -0.3 is 10.2 Å². The summed E-state index contributed by atoms with van der Waals surface area (Å²) in [5.74, 6) is 0.317. The van der Waals surface area contributed by atoms with Crippen molar-refractivity contribution < 1.29 is 4.79 Å². The molecule has 2 fully saturated rings. The summed E-state index contributed by atoms with van der Waals surface area (Å²) < 4.78 is 0. The maximum atomic E-state index is 12.5. The van der Waals surface area contributed by atoms with E-state index in [0.29, 0.717) is 11.3 Å². The summed E-state index contributed by atoms with van der Waals surface area (Å²) in [4.78, 5) is 14.5. The predicted molar refractivity (Wildman–Crippen MR) is 72.5 cm³/mol. The van der Waals surface area contributed by atoms with E-state index in [1.54, 1.807) is 0 Å². The highest BCUT2D eigenvalue weighted by Gasteiger charge is 2.41. The standard InChI is InChI=1S/C13H24N2O.ClH/c1-12(2)7-9-15(10-12)11(16)13(3)6-4-5-8-14-13;/h14H,4-10H2,1-3H3;1H. The number of amides is 1. The molecule has 3 nitrogen and oxygen atoms in total. The van der Waals surface area contributed by atoms with Gasteiger partial charge in [0.1, 0.15) is 0 Å². The van der Waals surface area contributed by atoms with Crippen molar-refractivity contribution in [2.24, 2.45) is 5.41 Å². The number of likely N-dealkylation sites (tertiary alicyclic amines) is 1. The smallest absolute Gasteiger partial charge is 0.242 e. The van der Waals surface area contributed by atoms with E-state index in [2.05, 4.69) is 31.0 Å². The molecule has 1 unspecified atom stereocenters. The third-order valence-corrected chi connectivity index (χ3v) is 4.06. The van der Waals surface area contributed by atoms with Gasteiger partial charge in [-0.1, -0.05) is 13.8 Å². The minimum absolute atomic E-state index is 0. The van der Waals surface area contributed by atoms with Crippen molar-refractivity contribution in [2.45, 2.75) is 52.0 Å². The van der Waals surface area contributed by atoms with E-state index in [1.807, 2.05) is 0 Å². The molecule has 1 amide bonds. The Bertz CT molecular complexity index is 285. The molecule has 4 heteroatoms. The Labute approximate surface area is 111 Å². The van der Waals surface area contributed by atoms with Gasteiger partial charge in [0.05, 0.1) is 5.54 Å². The molecule has 2 saturated heterocycles. The summed E-state index contributed by atoms with van der Waals surface area (Å²) in [5, 5.41) is 3.41. The minimum Gasteiger partial charge on any atom is -0.341 e. The molecule has 0 aromatic heterocycles. The van der Waals surface area contributed by atoms with Gasteiger partial charge in [0.15, 0.2) is 0 Å². The van der Waals surface area contributed by atoms with Crippen LogP contribution in [0.25, 0.3) is 0 Å². The Hall–Kier alpha value is -0.280. The fourth-order valence-electron chi connectivity index (χ4n) is 2.87. The number of halogens is 1. The van der Waals surface area contributed by atoms with Crippen LogP contribution < -0.4 is 5.32 Å². The lowest BCUT2D eigenvalue weighted by atomic mass is 9.89. The third-order valence-electron chi connectivity index (χ3n) is 4.06. The van der Waals surface area contributed by atoms with Gasteiger partial charge >= 0.3 is 0 Å². The lowest BCUT2D eigenvalue weighted by molar-refractivity contribution is -0.138. The average molecular weight is 261 g/mol. The predicted octanol–water partition coefficient (Wildman–Crippen LogP) is 2.20. The molecule has 0 aromatic rings. The van der Waals surface area contributed by atoms with Crippen LogP contribution >= 0.6 is 12.4 Å². The highest BCUT2D eigenvalue weighted by atomic mass is 35.5. The van der Waals surface area contributed by atoms with Crippen LogP contribution in [-0.4, -0.2) is 36.0 Å². The molecule has 2 heterocycles. The maximum absolute atomic E-state index is 12.5. The number of piperidine rings is 1. The van der Waals surface area contributed by atoms with Crippen molar-refractivity contribution in [3.8, 4) is 0 Å². The summed E-state index contributed by atoms with van der Waals surface area (Å²) in [5.41, 5.74) is 0.0133. The largest absolute Gasteiger partial charge is 0.341 e. The van der Waals surface area contributed by atoms with E-state index in [4.69, 9.17) is 0 Å². The zero-order valence-corrected chi connectivity index (χ0v) is 12.0. The summed E-state index contributed by atoms with van der Waals surface area (Å²) in [6.07, 6.45) is 4.50. The van der Waals surface area contributed by atoms with Crippen molar-refractivity contribution in [2.75, 3.05) is 19.6 Å². The van der Waals surface area contributed by atoms with Crippen molar-refractivity contribution in [3.05, 3.63) is 0 Å². The first kappa shape index (κ1) is 14.8. The van der Waals surface area contributed by atoms with Crippen LogP contribution in [0.15, 0.2) is 0 Å². The first-order valence-electron chi connectivity index (χ1n) is 6.47. The summed E-state index contributed by atoms with van der Waals surface area (Å²) in [6, 6.07) is 0. The monoisotopic (exact) mass is 260 g/mol. The Morgan fingerprint density at radius 1 is 1.18 bits per heavy atom. The Balaban J connectivity index is 0.00000144. The van der Waals surface area contributed by atoms with Gasteiger partial charge in [-0.15, -0.1) is 12.4 Å². The second-order valence-electron chi connectivity index (χ2n) is 6.36. The molecule has 0 aromatic carbocycles. The number of rotatable bonds is 1. The first-order chi connectivity index (χ1) is 7.43. The summed E-state index contributed by atoms with van der Waals surface area (Å²) in [6.45, 7) is 9.40. The van der Waals surface area contributed by atoms with E-state index in [-0.39, 0.29) is 17.9 Å². The highest BCUT2D eigenvalue weighted by Crippen LogP contribution is 2.31. The van der Waals surface area contributed by atoms with Gasteiger partial charge in [-0.3, -0.25) is 4.79 Å². The second kappa shape index (κ2) is 5.15. The van der Waals surface area contributed by atoms with Crippen LogP contribution in [0.1, 0.15) is 46.5 Å². The molecule has 1 atom stereocenters. The van der Waals surface area contributed by atoms with Gasteiger partial charge in [0.2, 0.25) is 5.91 Å². The highest BCUT2D eigenvalue weighted by molar-refractivity contribution is 5.86. The first-order valence-corrected chi connectivity index (χ1v) is 6.47. The van der Waals surface area contributed by atoms with E-state index < -0.39 is 0 Å².